The van der Waals surface area contributed by atoms with Crippen LogP contribution >= 0.6 is 27.5 Å². The van der Waals surface area contributed by atoms with Crippen LogP contribution in [-0.2, 0) is 11.3 Å². The Morgan fingerprint density at radius 3 is 2.89 bits per heavy atom. The van der Waals surface area contributed by atoms with Crippen LogP contribution in [0.3, 0.4) is 0 Å². The number of nitrogens with one attached hydrogen (secondary N) is 1. The lowest BCUT2D eigenvalue weighted by atomic mass is 10.2. The van der Waals surface area contributed by atoms with E-state index >= 15 is 0 Å². The molecule has 100 valence electrons. The molecule has 0 aliphatic carbocycles. The van der Waals surface area contributed by atoms with Crippen molar-refractivity contribution in [2.24, 2.45) is 0 Å². The molecule has 4 nitrogen and oxygen atoms in total. The lowest BCUT2D eigenvalue weighted by Crippen LogP contribution is -2.13. The van der Waals surface area contributed by atoms with Crippen LogP contribution in [0.4, 0.5) is 10.2 Å². The van der Waals surface area contributed by atoms with E-state index < -0.39 is 0 Å². The second kappa shape index (κ2) is 6.16. The number of amides is 1. The second-order valence-electron chi connectivity index (χ2n) is 3.80. The smallest absolute Gasteiger partial charge is 0.240 e. The Morgan fingerprint density at radius 2 is 2.21 bits per heavy atom. The molecule has 0 saturated heterocycles. The highest BCUT2D eigenvalue weighted by molar-refractivity contribution is 9.10. The first kappa shape index (κ1) is 14.0. The van der Waals surface area contributed by atoms with Crippen molar-refractivity contribution < 1.29 is 9.18 Å². The molecule has 0 radical (unpaired) electrons. The normalized spacial score (nSPS) is 10.5. The summed E-state index contributed by atoms with van der Waals surface area (Å²) in [6, 6.07) is 6.46. The fraction of sp³-hybridized carbons (Fsp3) is 0.167. The highest BCUT2D eigenvalue weighted by Gasteiger charge is 2.10. The number of aromatic nitrogens is 2. The topological polar surface area (TPSA) is 46.9 Å². The predicted molar refractivity (Wildman–Crippen MR) is 74.8 cm³/mol. The van der Waals surface area contributed by atoms with Crippen molar-refractivity contribution in [1.29, 1.82) is 0 Å². The maximum Gasteiger partial charge on any atom is 0.240 e. The average molecular weight is 347 g/mol. The molecule has 1 amide bonds. The molecule has 19 heavy (non-hydrogen) atoms. The number of rotatable bonds is 4. The molecule has 1 N–H and O–H groups in total. The first-order valence-corrected chi connectivity index (χ1v) is 6.75. The van der Waals surface area contributed by atoms with Gasteiger partial charge < -0.3 is 5.32 Å². The number of alkyl halides is 1. The van der Waals surface area contributed by atoms with Gasteiger partial charge in [0.05, 0.1) is 11.0 Å². The van der Waals surface area contributed by atoms with Crippen molar-refractivity contribution in [3.63, 3.8) is 0 Å². The summed E-state index contributed by atoms with van der Waals surface area (Å²) in [5.74, 6) is -0.423. The minimum atomic E-state index is -0.349. The van der Waals surface area contributed by atoms with Gasteiger partial charge in [-0.1, -0.05) is 18.2 Å². The van der Waals surface area contributed by atoms with Gasteiger partial charge in [-0.2, -0.15) is 5.10 Å². The van der Waals surface area contributed by atoms with Gasteiger partial charge in [0.15, 0.2) is 5.82 Å². The maximum absolute atomic E-state index is 13.5. The van der Waals surface area contributed by atoms with Crippen molar-refractivity contribution >= 4 is 39.3 Å². The summed E-state index contributed by atoms with van der Waals surface area (Å²) < 4.78 is 15.7. The SMILES string of the molecule is O=C(CCl)Nc1nn(Cc2ccccc2F)cc1Br. The van der Waals surface area contributed by atoms with Crippen molar-refractivity contribution in [2.75, 3.05) is 11.2 Å². The van der Waals surface area contributed by atoms with E-state index in [9.17, 15) is 9.18 Å². The molecule has 0 bridgehead atoms. The van der Waals surface area contributed by atoms with Crippen molar-refractivity contribution in [3.8, 4) is 0 Å². The van der Waals surface area contributed by atoms with E-state index in [-0.39, 0.29) is 24.1 Å². The summed E-state index contributed by atoms with van der Waals surface area (Å²) in [6.07, 6.45) is 1.66. The minimum Gasteiger partial charge on any atom is -0.307 e. The van der Waals surface area contributed by atoms with Crippen molar-refractivity contribution in [3.05, 3.63) is 46.3 Å². The van der Waals surface area contributed by atoms with Gasteiger partial charge in [0.1, 0.15) is 11.7 Å². The number of hydrogen-bond donors (Lipinski definition) is 1. The predicted octanol–water partition coefficient (Wildman–Crippen LogP) is 3.01. The summed E-state index contributed by atoms with van der Waals surface area (Å²) in [7, 11) is 0. The monoisotopic (exact) mass is 345 g/mol. The van der Waals surface area contributed by atoms with Crippen molar-refractivity contribution in [1.82, 2.24) is 9.78 Å². The van der Waals surface area contributed by atoms with Gasteiger partial charge in [-0.25, -0.2) is 4.39 Å². The molecule has 1 aromatic carbocycles. The number of carbonyl (C=O) groups excluding carboxylic acids is 1. The molecule has 1 aromatic heterocycles. The third kappa shape index (κ3) is 3.54. The molecule has 2 aromatic rings. The number of nitrogens with zero attached hydrogens (tertiary/aromatic N) is 2. The van der Waals surface area contributed by atoms with Crippen LogP contribution in [-0.4, -0.2) is 21.6 Å². The van der Waals surface area contributed by atoms with E-state index in [0.717, 1.165) is 0 Å². The zero-order valence-corrected chi connectivity index (χ0v) is 12.1. The molecule has 0 spiro atoms. The van der Waals surface area contributed by atoms with Gasteiger partial charge in [-0.3, -0.25) is 9.48 Å². The third-order valence-corrected chi connectivity index (χ3v) is 3.21. The first-order chi connectivity index (χ1) is 9.10. The standard InChI is InChI=1S/C12H10BrClFN3O/c13-9-7-18(17-12(9)16-11(19)5-14)6-8-3-1-2-4-10(8)15/h1-4,7H,5-6H2,(H,16,17,19). The van der Waals surface area contributed by atoms with E-state index in [2.05, 4.69) is 26.3 Å². The number of carbonyl (C=O) groups is 1. The first-order valence-electron chi connectivity index (χ1n) is 5.42. The lowest BCUT2D eigenvalue weighted by Gasteiger charge is -2.03. The number of anilines is 1. The molecule has 0 saturated carbocycles. The zero-order valence-electron chi connectivity index (χ0n) is 9.74. The summed E-state index contributed by atoms with van der Waals surface area (Å²) in [5, 5.41) is 6.68. The number of benzene rings is 1. The fourth-order valence-electron chi connectivity index (χ4n) is 1.53. The van der Waals surface area contributed by atoms with E-state index in [0.29, 0.717) is 15.9 Å². The van der Waals surface area contributed by atoms with Gasteiger partial charge in [0.25, 0.3) is 0 Å². The van der Waals surface area contributed by atoms with Crippen LogP contribution in [0.1, 0.15) is 5.56 Å². The number of hydrogen-bond acceptors (Lipinski definition) is 2. The molecule has 2 rings (SSSR count). The van der Waals surface area contributed by atoms with Crippen molar-refractivity contribution in [2.45, 2.75) is 6.54 Å². The van der Waals surface area contributed by atoms with E-state index in [1.54, 1.807) is 24.4 Å². The summed E-state index contributed by atoms with van der Waals surface area (Å²) >= 11 is 8.67. The van der Waals surface area contributed by atoms with Gasteiger partial charge in [0, 0.05) is 11.8 Å². The quantitative estimate of drug-likeness (QED) is 0.865. The van der Waals surface area contributed by atoms with Crippen LogP contribution in [0.5, 0.6) is 0 Å². The Kier molecular flexibility index (Phi) is 4.55. The summed E-state index contributed by atoms with van der Waals surface area (Å²) in [4.78, 5) is 11.2. The molecule has 1 heterocycles. The highest BCUT2D eigenvalue weighted by atomic mass is 79.9. The fourth-order valence-corrected chi connectivity index (χ4v) is 2.01. The molecule has 0 unspecified atom stereocenters. The molecule has 0 fully saturated rings. The largest absolute Gasteiger partial charge is 0.307 e. The van der Waals surface area contributed by atoms with Crippen LogP contribution in [0.25, 0.3) is 0 Å². The van der Waals surface area contributed by atoms with Gasteiger partial charge in [-0.05, 0) is 22.0 Å². The summed E-state index contributed by atoms with van der Waals surface area (Å²) in [6.45, 7) is 0.280. The Morgan fingerprint density at radius 1 is 1.47 bits per heavy atom. The molecular formula is C12H10BrClFN3O. The molecule has 0 aliphatic heterocycles. The molecule has 7 heteroatoms. The minimum absolute atomic E-state index is 0.146. The summed E-state index contributed by atoms with van der Waals surface area (Å²) in [5.41, 5.74) is 0.521. The molecular weight excluding hydrogens is 337 g/mol. The van der Waals surface area contributed by atoms with Crippen LogP contribution in [0, 0.1) is 5.82 Å². The maximum atomic E-state index is 13.5. The Bertz CT molecular complexity index is 602. The van der Waals surface area contributed by atoms with Gasteiger partial charge in [0.2, 0.25) is 5.91 Å². The zero-order chi connectivity index (χ0) is 13.8. The van der Waals surface area contributed by atoms with Gasteiger partial charge in [-0.15, -0.1) is 11.6 Å². The molecule has 0 atom stereocenters. The average Bonchev–Trinajstić information content (AvgIpc) is 2.72. The van der Waals surface area contributed by atoms with Crippen LogP contribution in [0.15, 0.2) is 34.9 Å². The Labute approximate surface area is 122 Å². The molecule has 0 aliphatic rings. The van der Waals surface area contributed by atoms with E-state index in [1.807, 2.05) is 0 Å². The van der Waals surface area contributed by atoms with Crippen LogP contribution in [0.2, 0.25) is 0 Å². The van der Waals surface area contributed by atoms with Crippen LogP contribution < -0.4 is 5.32 Å². The van der Waals surface area contributed by atoms with Gasteiger partial charge >= 0.3 is 0 Å². The third-order valence-electron chi connectivity index (χ3n) is 2.39. The lowest BCUT2D eigenvalue weighted by molar-refractivity contribution is -0.113. The highest BCUT2D eigenvalue weighted by Crippen LogP contribution is 2.21. The van der Waals surface area contributed by atoms with E-state index in [4.69, 9.17) is 11.6 Å². The Balaban J connectivity index is 2.16. The number of halogens is 3. The Hall–Kier alpha value is -1.40. The van der Waals surface area contributed by atoms with E-state index in [1.165, 1.54) is 10.7 Å². The second-order valence-corrected chi connectivity index (χ2v) is 4.92.